The summed E-state index contributed by atoms with van der Waals surface area (Å²) < 4.78 is 0. The molecule has 6 heteroatoms. The molecule has 0 saturated carbocycles. The first-order valence-corrected chi connectivity index (χ1v) is 8.50. The van der Waals surface area contributed by atoms with Gasteiger partial charge in [0, 0.05) is 29.0 Å². The van der Waals surface area contributed by atoms with E-state index in [1.807, 2.05) is 44.4 Å². The van der Waals surface area contributed by atoms with Crippen LogP contribution in [0.4, 0.5) is 5.69 Å². The highest BCUT2D eigenvalue weighted by Crippen LogP contribution is 2.23. The average Bonchev–Trinajstić information content (AvgIpc) is 3.00. The van der Waals surface area contributed by atoms with Gasteiger partial charge in [0.05, 0.1) is 23.5 Å². The molecule has 122 valence electrons. The molecule has 0 atom stereocenters. The van der Waals surface area contributed by atoms with E-state index in [-0.39, 0.29) is 12.3 Å². The standard InChI is InChI=1S/C18H18N4OS/c1-11-7-12(2)20-13(3)17(11)22-16(23)8-15-10-24-18(21-15)14-5-4-6-19-9-14/h4-7,9-10H,8H2,1-3H3,(H,22,23). The van der Waals surface area contributed by atoms with Crippen LogP contribution in [0.5, 0.6) is 0 Å². The third-order valence-corrected chi connectivity index (χ3v) is 4.53. The summed E-state index contributed by atoms with van der Waals surface area (Å²) in [5.41, 5.74) is 5.30. The number of carbonyl (C=O) groups is 1. The zero-order valence-corrected chi connectivity index (χ0v) is 14.6. The monoisotopic (exact) mass is 338 g/mol. The molecule has 0 aromatic carbocycles. The lowest BCUT2D eigenvalue weighted by Crippen LogP contribution is -2.17. The molecule has 0 fully saturated rings. The molecule has 3 aromatic heterocycles. The van der Waals surface area contributed by atoms with Gasteiger partial charge in [-0.05, 0) is 44.5 Å². The van der Waals surface area contributed by atoms with E-state index in [1.54, 1.807) is 12.4 Å². The van der Waals surface area contributed by atoms with Crippen molar-refractivity contribution < 1.29 is 4.79 Å². The number of carbonyl (C=O) groups excluding carboxylic acids is 1. The number of aryl methyl sites for hydroxylation is 3. The van der Waals surface area contributed by atoms with E-state index in [0.717, 1.165) is 38.9 Å². The Balaban J connectivity index is 1.71. The quantitative estimate of drug-likeness (QED) is 0.787. The average molecular weight is 338 g/mol. The van der Waals surface area contributed by atoms with Crippen molar-refractivity contribution in [3.63, 3.8) is 0 Å². The van der Waals surface area contributed by atoms with Crippen molar-refractivity contribution in [2.75, 3.05) is 5.32 Å². The first kappa shape index (κ1) is 16.3. The van der Waals surface area contributed by atoms with Gasteiger partial charge >= 0.3 is 0 Å². The van der Waals surface area contributed by atoms with Crippen LogP contribution in [-0.4, -0.2) is 20.9 Å². The molecule has 3 aromatic rings. The summed E-state index contributed by atoms with van der Waals surface area (Å²) in [5, 5.41) is 5.74. The van der Waals surface area contributed by atoms with Gasteiger partial charge in [0.1, 0.15) is 5.01 Å². The van der Waals surface area contributed by atoms with Gasteiger partial charge in [-0.1, -0.05) is 0 Å². The van der Waals surface area contributed by atoms with Gasteiger partial charge in [-0.3, -0.25) is 14.8 Å². The highest BCUT2D eigenvalue weighted by molar-refractivity contribution is 7.13. The van der Waals surface area contributed by atoms with E-state index in [1.165, 1.54) is 11.3 Å². The molecule has 3 heterocycles. The molecule has 1 N–H and O–H groups in total. The fourth-order valence-corrected chi connectivity index (χ4v) is 3.38. The molecule has 0 saturated heterocycles. The number of hydrogen-bond acceptors (Lipinski definition) is 5. The number of rotatable bonds is 4. The second-order valence-electron chi connectivity index (χ2n) is 5.65. The van der Waals surface area contributed by atoms with Crippen molar-refractivity contribution in [3.05, 3.63) is 58.6 Å². The minimum absolute atomic E-state index is 0.0881. The summed E-state index contributed by atoms with van der Waals surface area (Å²) in [7, 11) is 0. The molecule has 0 aliphatic carbocycles. The van der Waals surface area contributed by atoms with Crippen molar-refractivity contribution in [1.82, 2.24) is 15.0 Å². The summed E-state index contributed by atoms with van der Waals surface area (Å²) >= 11 is 1.52. The van der Waals surface area contributed by atoms with E-state index >= 15 is 0 Å². The first-order chi connectivity index (χ1) is 11.5. The van der Waals surface area contributed by atoms with Crippen LogP contribution in [-0.2, 0) is 11.2 Å². The van der Waals surface area contributed by atoms with Gasteiger partial charge in [-0.15, -0.1) is 11.3 Å². The zero-order valence-electron chi connectivity index (χ0n) is 13.8. The molecule has 3 rings (SSSR count). The van der Waals surface area contributed by atoms with Crippen molar-refractivity contribution in [1.29, 1.82) is 0 Å². The van der Waals surface area contributed by atoms with Crippen LogP contribution in [0.25, 0.3) is 10.6 Å². The fourth-order valence-electron chi connectivity index (χ4n) is 2.57. The molecule has 0 spiro atoms. The van der Waals surface area contributed by atoms with Crippen molar-refractivity contribution in [2.24, 2.45) is 0 Å². The molecule has 24 heavy (non-hydrogen) atoms. The lowest BCUT2D eigenvalue weighted by Gasteiger charge is -2.11. The molecular formula is C18H18N4OS. The number of hydrogen-bond donors (Lipinski definition) is 1. The molecule has 0 radical (unpaired) electrons. The second kappa shape index (κ2) is 6.88. The van der Waals surface area contributed by atoms with Gasteiger partial charge < -0.3 is 5.32 Å². The van der Waals surface area contributed by atoms with E-state index in [9.17, 15) is 4.79 Å². The van der Waals surface area contributed by atoms with Crippen molar-refractivity contribution in [3.8, 4) is 10.6 Å². The lowest BCUT2D eigenvalue weighted by molar-refractivity contribution is -0.115. The smallest absolute Gasteiger partial charge is 0.230 e. The topological polar surface area (TPSA) is 67.8 Å². The fraction of sp³-hybridized carbons (Fsp3) is 0.222. The third-order valence-electron chi connectivity index (χ3n) is 3.59. The number of aromatic nitrogens is 3. The van der Waals surface area contributed by atoms with Crippen LogP contribution in [0.2, 0.25) is 0 Å². The number of anilines is 1. The number of thiazole rings is 1. The second-order valence-corrected chi connectivity index (χ2v) is 6.51. The maximum atomic E-state index is 12.3. The minimum Gasteiger partial charge on any atom is -0.324 e. The Morgan fingerprint density at radius 3 is 2.79 bits per heavy atom. The first-order valence-electron chi connectivity index (χ1n) is 7.62. The van der Waals surface area contributed by atoms with Crippen LogP contribution in [0.1, 0.15) is 22.6 Å². The van der Waals surface area contributed by atoms with E-state index in [2.05, 4.69) is 20.3 Å². The van der Waals surface area contributed by atoms with Crippen LogP contribution in [0.3, 0.4) is 0 Å². The zero-order chi connectivity index (χ0) is 17.1. The van der Waals surface area contributed by atoms with Gasteiger partial charge in [0.25, 0.3) is 0 Å². The lowest BCUT2D eigenvalue weighted by atomic mass is 10.1. The molecule has 5 nitrogen and oxygen atoms in total. The van der Waals surface area contributed by atoms with Crippen LogP contribution < -0.4 is 5.32 Å². The highest BCUT2D eigenvalue weighted by atomic mass is 32.1. The Labute approximate surface area is 144 Å². The van der Waals surface area contributed by atoms with Crippen molar-refractivity contribution >= 4 is 22.9 Å². The summed E-state index contributed by atoms with van der Waals surface area (Å²) in [4.78, 5) is 25.4. The number of nitrogens with zero attached hydrogens (tertiary/aromatic N) is 3. The summed E-state index contributed by atoms with van der Waals surface area (Å²) in [6.45, 7) is 5.82. The van der Waals surface area contributed by atoms with Crippen LogP contribution in [0, 0.1) is 20.8 Å². The van der Waals surface area contributed by atoms with E-state index in [0.29, 0.717) is 0 Å². The van der Waals surface area contributed by atoms with Gasteiger partial charge in [-0.25, -0.2) is 4.98 Å². The van der Waals surface area contributed by atoms with E-state index < -0.39 is 0 Å². The SMILES string of the molecule is Cc1cc(C)c(NC(=O)Cc2csc(-c3cccnc3)n2)c(C)n1. The summed E-state index contributed by atoms with van der Waals surface area (Å²) in [5.74, 6) is -0.0881. The molecule has 0 aliphatic heterocycles. The maximum absolute atomic E-state index is 12.3. The predicted molar refractivity (Wildman–Crippen MR) is 96.1 cm³/mol. The Kier molecular flexibility index (Phi) is 4.66. The summed E-state index contributed by atoms with van der Waals surface area (Å²) in [6.07, 6.45) is 3.74. The number of nitrogens with one attached hydrogen (secondary N) is 1. The molecule has 0 unspecified atom stereocenters. The predicted octanol–water partition coefficient (Wildman–Crippen LogP) is 3.71. The number of pyridine rings is 2. The van der Waals surface area contributed by atoms with Crippen LogP contribution in [0.15, 0.2) is 36.0 Å². The van der Waals surface area contributed by atoms with Gasteiger partial charge in [0.15, 0.2) is 0 Å². The minimum atomic E-state index is -0.0881. The Hall–Kier alpha value is -2.60. The van der Waals surface area contributed by atoms with Crippen LogP contribution >= 0.6 is 11.3 Å². The van der Waals surface area contributed by atoms with Gasteiger partial charge in [0.2, 0.25) is 5.91 Å². The van der Waals surface area contributed by atoms with Gasteiger partial charge in [-0.2, -0.15) is 0 Å². The largest absolute Gasteiger partial charge is 0.324 e. The van der Waals surface area contributed by atoms with E-state index in [4.69, 9.17) is 0 Å². The highest BCUT2D eigenvalue weighted by Gasteiger charge is 2.12. The Morgan fingerprint density at radius 2 is 2.08 bits per heavy atom. The molecule has 0 bridgehead atoms. The van der Waals surface area contributed by atoms with Crippen molar-refractivity contribution in [2.45, 2.75) is 27.2 Å². The molecule has 1 amide bonds. The Bertz CT molecular complexity index is 851. The normalized spacial score (nSPS) is 10.6. The number of amides is 1. The third kappa shape index (κ3) is 3.65. The Morgan fingerprint density at radius 1 is 1.25 bits per heavy atom. The summed E-state index contributed by atoms with van der Waals surface area (Å²) in [6, 6.07) is 5.80. The molecular weight excluding hydrogens is 320 g/mol. The molecule has 0 aliphatic rings. The maximum Gasteiger partial charge on any atom is 0.230 e.